The van der Waals surface area contributed by atoms with Crippen LogP contribution < -0.4 is 15.6 Å². The number of rotatable bonds is 5. The van der Waals surface area contributed by atoms with Gasteiger partial charge in [-0.25, -0.2) is 4.98 Å². The number of nitrogens with one attached hydrogen (secondary N) is 1. The minimum atomic E-state index is 0.0639. The Morgan fingerprint density at radius 2 is 2.03 bits per heavy atom. The Morgan fingerprint density at radius 3 is 2.76 bits per heavy atom. The molecule has 0 aliphatic carbocycles. The average Bonchev–Trinajstić information content (AvgIpc) is 2.76. The second-order valence-corrected chi connectivity index (χ2v) is 8.22. The number of nitrogens with zero attached hydrogens (tertiary/aromatic N) is 2. The standard InChI is InChI=1S/C24H29N3O2/c1-16(2)23-26-22-10-9-19(18-7-4-8-20(12-18)29-3)13-21(22)24(28)27(23)15-17-6-5-11-25-14-17/h4,7-10,12-13,16-17,25H,5-6,11,14-15H2,1-3H3/t17-/m0/s1. The predicted octanol–water partition coefficient (Wildman–Crippen LogP) is 4.20. The van der Waals surface area contributed by atoms with Crippen LogP contribution in [0.4, 0.5) is 0 Å². The summed E-state index contributed by atoms with van der Waals surface area (Å²) >= 11 is 0. The summed E-state index contributed by atoms with van der Waals surface area (Å²) in [7, 11) is 1.66. The third-order valence-electron chi connectivity index (χ3n) is 5.74. The van der Waals surface area contributed by atoms with Gasteiger partial charge in [-0.3, -0.25) is 9.36 Å². The first-order valence-corrected chi connectivity index (χ1v) is 10.5. The van der Waals surface area contributed by atoms with Crippen LogP contribution in [0.25, 0.3) is 22.0 Å². The maximum atomic E-state index is 13.5. The monoisotopic (exact) mass is 391 g/mol. The second kappa shape index (κ2) is 8.37. The molecule has 4 rings (SSSR count). The number of methoxy groups -OCH3 is 1. The smallest absolute Gasteiger partial charge is 0.261 e. The number of hydrogen-bond acceptors (Lipinski definition) is 4. The number of hydrogen-bond donors (Lipinski definition) is 1. The zero-order valence-corrected chi connectivity index (χ0v) is 17.4. The Balaban J connectivity index is 1.81. The lowest BCUT2D eigenvalue weighted by Crippen LogP contribution is -2.36. The van der Waals surface area contributed by atoms with E-state index in [1.54, 1.807) is 7.11 Å². The van der Waals surface area contributed by atoms with Crippen molar-refractivity contribution in [3.8, 4) is 16.9 Å². The number of piperidine rings is 1. The van der Waals surface area contributed by atoms with Crippen molar-refractivity contribution in [2.75, 3.05) is 20.2 Å². The summed E-state index contributed by atoms with van der Waals surface area (Å²) in [4.78, 5) is 18.4. The van der Waals surface area contributed by atoms with E-state index in [-0.39, 0.29) is 11.5 Å². The molecule has 1 aromatic heterocycles. The van der Waals surface area contributed by atoms with Crippen molar-refractivity contribution in [3.05, 3.63) is 58.6 Å². The van der Waals surface area contributed by atoms with E-state index in [9.17, 15) is 4.79 Å². The molecule has 1 saturated heterocycles. The van der Waals surface area contributed by atoms with Gasteiger partial charge < -0.3 is 10.1 Å². The minimum Gasteiger partial charge on any atom is -0.497 e. The molecule has 29 heavy (non-hydrogen) atoms. The van der Waals surface area contributed by atoms with Gasteiger partial charge in [-0.1, -0.05) is 32.0 Å². The van der Waals surface area contributed by atoms with Gasteiger partial charge in [-0.05, 0) is 67.2 Å². The molecule has 5 heteroatoms. The Bertz CT molecular complexity index is 1070. The lowest BCUT2D eigenvalue weighted by molar-refractivity contribution is 0.327. The van der Waals surface area contributed by atoms with Crippen molar-refractivity contribution in [2.45, 2.75) is 39.2 Å². The normalized spacial score (nSPS) is 17.0. The van der Waals surface area contributed by atoms with E-state index < -0.39 is 0 Å². The van der Waals surface area contributed by atoms with Crippen LogP contribution in [0.2, 0.25) is 0 Å². The van der Waals surface area contributed by atoms with E-state index in [0.717, 1.165) is 60.7 Å². The molecule has 0 amide bonds. The molecular formula is C24H29N3O2. The molecule has 0 radical (unpaired) electrons. The highest BCUT2D eigenvalue weighted by Crippen LogP contribution is 2.26. The maximum Gasteiger partial charge on any atom is 0.261 e. The Morgan fingerprint density at radius 1 is 1.21 bits per heavy atom. The lowest BCUT2D eigenvalue weighted by Gasteiger charge is -2.25. The van der Waals surface area contributed by atoms with Gasteiger partial charge in [0, 0.05) is 12.5 Å². The van der Waals surface area contributed by atoms with Crippen molar-refractivity contribution < 1.29 is 4.74 Å². The van der Waals surface area contributed by atoms with Crippen LogP contribution in [-0.2, 0) is 6.54 Å². The molecule has 2 heterocycles. The topological polar surface area (TPSA) is 56.1 Å². The quantitative estimate of drug-likeness (QED) is 0.708. The van der Waals surface area contributed by atoms with E-state index in [1.807, 2.05) is 47.0 Å². The molecule has 1 aliphatic rings. The molecule has 5 nitrogen and oxygen atoms in total. The van der Waals surface area contributed by atoms with Crippen LogP contribution in [0.5, 0.6) is 5.75 Å². The highest BCUT2D eigenvalue weighted by atomic mass is 16.5. The van der Waals surface area contributed by atoms with Gasteiger partial charge in [0.15, 0.2) is 0 Å². The molecule has 0 bridgehead atoms. The largest absolute Gasteiger partial charge is 0.497 e. The SMILES string of the molecule is COc1cccc(-c2ccc3nc(C(C)C)n(C[C@H]4CCCNC4)c(=O)c3c2)c1. The van der Waals surface area contributed by atoms with E-state index in [1.165, 1.54) is 0 Å². The molecule has 1 atom stereocenters. The van der Waals surface area contributed by atoms with E-state index >= 15 is 0 Å². The third kappa shape index (κ3) is 4.06. The zero-order chi connectivity index (χ0) is 20.4. The number of benzene rings is 2. The molecule has 0 spiro atoms. The van der Waals surface area contributed by atoms with Gasteiger partial charge in [-0.2, -0.15) is 0 Å². The molecular weight excluding hydrogens is 362 g/mol. The number of aromatic nitrogens is 2. The van der Waals surface area contributed by atoms with Crippen LogP contribution >= 0.6 is 0 Å². The highest BCUT2D eigenvalue weighted by molar-refractivity contribution is 5.84. The first-order chi connectivity index (χ1) is 14.1. The molecule has 0 saturated carbocycles. The van der Waals surface area contributed by atoms with Gasteiger partial charge in [0.2, 0.25) is 0 Å². The van der Waals surface area contributed by atoms with Crippen molar-refractivity contribution >= 4 is 10.9 Å². The van der Waals surface area contributed by atoms with Crippen LogP contribution in [0, 0.1) is 5.92 Å². The van der Waals surface area contributed by atoms with Crippen LogP contribution in [-0.4, -0.2) is 29.8 Å². The van der Waals surface area contributed by atoms with Gasteiger partial charge >= 0.3 is 0 Å². The molecule has 3 aromatic rings. The van der Waals surface area contributed by atoms with Crippen LogP contribution in [0.3, 0.4) is 0 Å². The second-order valence-electron chi connectivity index (χ2n) is 8.22. The predicted molar refractivity (Wildman–Crippen MR) is 118 cm³/mol. The summed E-state index contributed by atoms with van der Waals surface area (Å²) in [5, 5.41) is 4.13. The fourth-order valence-corrected chi connectivity index (χ4v) is 4.18. The minimum absolute atomic E-state index is 0.0639. The summed E-state index contributed by atoms with van der Waals surface area (Å²) in [6.45, 7) is 6.97. The summed E-state index contributed by atoms with van der Waals surface area (Å²) in [6.07, 6.45) is 2.32. The van der Waals surface area contributed by atoms with Crippen LogP contribution in [0.15, 0.2) is 47.3 Å². The summed E-state index contributed by atoms with van der Waals surface area (Å²) in [6, 6.07) is 13.9. The highest BCUT2D eigenvalue weighted by Gasteiger charge is 2.19. The lowest BCUT2D eigenvalue weighted by atomic mass is 9.99. The Hall–Kier alpha value is -2.66. The number of fused-ring (bicyclic) bond motifs is 1. The Kier molecular flexibility index (Phi) is 5.67. The molecule has 1 fully saturated rings. The van der Waals surface area contributed by atoms with Crippen molar-refractivity contribution in [1.29, 1.82) is 0 Å². The molecule has 0 unspecified atom stereocenters. The van der Waals surface area contributed by atoms with Gasteiger partial charge in [0.1, 0.15) is 11.6 Å². The third-order valence-corrected chi connectivity index (χ3v) is 5.74. The van der Waals surface area contributed by atoms with E-state index in [4.69, 9.17) is 9.72 Å². The zero-order valence-electron chi connectivity index (χ0n) is 17.4. The van der Waals surface area contributed by atoms with E-state index in [0.29, 0.717) is 11.3 Å². The summed E-state index contributed by atoms with van der Waals surface area (Å²) in [5.74, 6) is 2.35. The molecule has 1 aliphatic heterocycles. The number of ether oxygens (including phenoxy) is 1. The molecule has 1 N–H and O–H groups in total. The first kappa shape index (κ1) is 19.6. The van der Waals surface area contributed by atoms with Gasteiger partial charge in [0.05, 0.1) is 18.0 Å². The van der Waals surface area contributed by atoms with Crippen molar-refractivity contribution in [1.82, 2.24) is 14.9 Å². The van der Waals surface area contributed by atoms with Crippen molar-refractivity contribution in [3.63, 3.8) is 0 Å². The summed E-state index contributed by atoms with van der Waals surface area (Å²) in [5.41, 5.74) is 2.86. The fourth-order valence-electron chi connectivity index (χ4n) is 4.18. The molecule has 2 aromatic carbocycles. The van der Waals surface area contributed by atoms with Crippen LogP contribution in [0.1, 0.15) is 38.4 Å². The van der Waals surface area contributed by atoms with Crippen molar-refractivity contribution in [2.24, 2.45) is 5.92 Å². The first-order valence-electron chi connectivity index (χ1n) is 10.5. The maximum absolute atomic E-state index is 13.5. The average molecular weight is 392 g/mol. The van der Waals surface area contributed by atoms with Gasteiger partial charge in [0.25, 0.3) is 5.56 Å². The summed E-state index contributed by atoms with van der Waals surface area (Å²) < 4.78 is 7.27. The fraction of sp³-hybridized carbons (Fsp3) is 0.417. The molecule has 152 valence electrons. The van der Waals surface area contributed by atoms with Gasteiger partial charge in [-0.15, -0.1) is 0 Å². The Labute approximate surface area is 171 Å². The van der Waals surface area contributed by atoms with E-state index in [2.05, 4.69) is 19.2 Å².